The van der Waals surface area contributed by atoms with Gasteiger partial charge in [-0.25, -0.2) is 0 Å². The average Bonchev–Trinajstić information content (AvgIpc) is 3.30. The first-order valence-electron chi connectivity index (χ1n) is 8.62. The van der Waals surface area contributed by atoms with E-state index in [1.807, 2.05) is 18.7 Å². The molecule has 1 aliphatic carbocycles. The van der Waals surface area contributed by atoms with Crippen molar-refractivity contribution < 1.29 is 14.1 Å². The number of carbonyl (C=O) groups is 2. The molecule has 4 rings (SSSR count). The lowest BCUT2D eigenvalue weighted by Gasteiger charge is -2.43. The van der Waals surface area contributed by atoms with Crippen LogP contribution in [0, 0.1) is 5.92 Å². The van der Waals surface area contributed by atoms with Crippen LogP contribution in [0.1, 0.15) is 59.2 Å². The summed E-state index contributed by atoms with van der Waals surface area (Å²) in [5.74, 6) is 1.02. The standard InChI is InChI=1S/C17H21N5O3/c1-9(2)15-6-13(21-25-15)17(24)22-4-3-11-12(5-14(11)22)20-16(23)10-7-18-19-8-10/h6-9,11-12,14H,3-5H2,1-2H3,(H,18,19)(H,20,23)/t11-,12-,14+/m1/s1. The first kappa shape index (κ1) is 15.9. The molecule has 132 valence electrons. The van der Waals surface area contributed by atoms with Gasteiger partial charge >= 0.3 is 0 Å². The van der Waals surface area contributed by atoms with Crippen molar-refractivity contribution in [2.45, 2.75) is 44.7 Å². The first-order valence-corrected chi connectivity index (χ1v) is 8.62. The van der Waals surface area contributed by atoms with E-state index in [0.29, 0.717) is 23.7 Å². The maximum atomic E-state index is 12.7. The molecule has 25 heavy (non-hydrogen) atoms. The molecule has 8 heteroatoms. The summed E-state index contributed by atoms with van der Waals surface area (Å²) < 4.78 is 5.24. The predicted molar refractivity (Wildman–Crippen MR) is 88.0 cm³/mol. The van der Waals surface area contributed by atoms with Gasteiger partial charge < -0.3 is 14.7 Å². The Morgan fingerprint density at radius 2 is 2.28 bits per heavy atom. The van der Waals surface area contributed by atoms with Gasteiger partial charge in [-0.05, 0) is 12.8 Å². The molecular weight excluding hydrogens is 322 g/mol. The number of rotatable bonds is 4. The summed E-state index contributed by atoms with van der Waals surface area (Å²) in [6, 6.07) is 2.01. The van der Waals surface area contributed by atoms with Crippen molar-refractivity contribution >= 4 is 11.8 Å². The number of fused-ring (bicyclic) bond motifs is 1. The molecule has 1 saturated carbocycles. The van der Waals surface area contributed by atoms with E-state index in [0.717, 1.165) is 18.6 Å². The number of hydrogen-bond donors (Lipinski definition) is 2. The summed E-state index contributed by atoms with van der Waals surface area (Å²) in [6.45, 7) is 4.69. The molecule has 3 heterocycles. The topological polar surface area (TPSA) is 104 Å². The summed E-state index contributed by atoms with van der Waals surface area (Å²) >= 11 is 0. The lowest BCUT2D eigenvalue weighted by atomic mass is 9.74. The number of amides is 2. The Morgan fingerprint density at radius 1 is 1.44 bits per heavy atom. The monoisotopic (exact) mass is 343 g/mol. The fourth-order valence-electron chi connectivity index (χ4n) is 3.74. The number of carbonyl (C=O) groups excluding carboxylic acids is 2. The normalized spacial score (nSPS) is 24.9. The molecule has 0 radical (unpaired) electrons. The van der Waals surface area contributed by atoms with Gasteiger partial charge in [-0.2, -0.15) is 5.10 Å². The van der Waals surface area contributed by atoms with E-state index in [1.165, 1.54) is 6.20 Å². The van der Waals surface area contributed by atoms with E-state index in [-0.39, 0.29) is 29.8 Å². The van der Waals surface area contributed by atoms with E-state index < -0.39 is 0 Å². The average molecular weight is 343 g/mol. The van der Waals surface area contributed by atoms with Gasteiger partial charge in [-0.15, -0.1) is 0 Å². The van der Waals surface area contributed by atoms with Crippen LogP contribution < -0.4 is 5.32 Å². The van der Waals surface area contributed by atoms with Crippen LogP contribution in [0.15, 0.2) is 23.0 Å². The number of nitrogens with one attached hydrogen (secondary N) is 2. The Bertz CT molecular complexity index is 782. The number of likely N-dealkylation sites (tertiary alicyclic amines) is 1. The predicted octanol–water partition coefficient (Wildman–Crippen LogP) is 1.55. The molecule has 0 aromatic carbocycles. The molecule has 2 aliphatic rings. The van der Waals surface area contributed by atoms with Gasteiger partial charge in [-0.3, -0.25) is 14.7 Å². The highest BCUT2D eigenvalue weighted by atomic mass is 16.5. The van der Waals surface area contributed by atoms with Crippen molar-refractivity contribution in [3.63, 3.8) is 0 Å². The minimum atomic E-state index is -0.125. The number of aromatic nitrogens is 3. The number of aromatic amines is 1. The maximum absolute atomic E-state index is 12.7. The molecule has 2 fully saturated rings. The zero-order chi connectivity index (χ0) is 17.6. The zero-order valence-electron chi connectivity index (χ0n) is 14.2. The third-order valence-electron chi connectivity index (χ3n) is 5.26. The SMILES string of the molecule is CC(C)c1cc(C(=O)N2CC[C@@H]3[C@H](NC(=O)c4cn[nH]c4)C[C@@H]32)no1. The zero-order valence-corrected chi connectivity index (χ0v) is 14.2. The third kappa shape index (κ3) is 2.71. The van der Waals surface area contributed by atoms with Crippen LogP contribution in [-0.2, 0) is 0 Å². The molecule has 1 saturated heterocycles. The van der Waals surface area contributed by atoms with Gasteiger partial charge in [-0.1, -0.05) is 19.0 Å². The number of hydrogen-bond acceptors (Lipinski definition) is 5. The van der Waals surface area contributed by atoms with Crippen molar-refractivity contribution in [3.8, 4) is 0 Å². The minimum absolute atomic E-state index is 0.0808. The number of nitrogens with zero attached hydrogens (tertiary/aromatic N) is 3. The van der Waals surface area contributed by atoms with Crippen LogP contribution in [0.25, 0.3) is 0 Å². The second-order valence-corrected chi connectivity index (χ2v) is 7.09. The van der Waals surface area contributed by atoms with Crippen LogP contribution in [0.2, 0.25) is 0 Å². The Balaban J connectivity index is 1.38. The summed E-state index contributed by atoms with van der Waals surface area (Å²) in [7, 11) is 0. The third-order valence-corrected chi connectivity index (χ3v) is 5.26. The van der Waals surface area contributed by atoms with Crippen LogP contribution in [0.3, 0.4) is 0 Å². The molecule has 8 nitrogen and oxygen atoms in total. The Morgan fingerprint density at radius 3 is 2.96 bits per heavy atom. The van der Waals surface area contributed by atoms with Crippen LogP contribution in [0.4, 0.5) is 0 Å². The van der Waals surface area contributed by atoms with Gasteiger partial charge in [0.2, 0.25) is 0 Å². The summed E-state index contributed by atoms with van der Waals surface area (Å²) in [5.41, 5.74) is 0.897. The van der Waals surface area contributed by atoms with Gasteiger partial charge in [0, 0.05) is 42.7 Å². The van der Waals surface area contributed by atoms with Crippen molar-refractivity contribution in [2.75, 3.05) is 6.54 Å². The Kier molecular flexibility index (Phi) is 3.82. The summed E-state index contributed by atoms with van der Waals surface area (Å²) in [4.78, 5) is 26.7. The maximum Gasteiger partial charge on any atom is 0.276 e. The minimum Gasteiger partial charge on any atom is -0.360 e. The van der Waals surface area contributed by atoms with Crippen molar-refractivity contribution in [1.29, 1.82) is 0 Å². The summed E-state index contributed by atoms with van der Waals surface area (Å²) in [5, 5.41) is 13.4. The first-order chi connectivity index (χ1) is 12.0. The lowest BCUT2D eigenvalue weighted by molar-refractivity contribution is 0.0529. The molecule has 0 unspecified atom stereocenters. The fraction of sp³-hybridized carbons (Fsp3) is 0.529. The molecule has 0 spiro atoms. The molecule has 1 aliphatic heterocycles. The van der Waals surface area contributed by atoms with Crippen molar-refractivity contribution in [2.24, 2.45) is 5.92 Å². The largest absolute Gasteiger partial charge is 0.360 e. The van der Waals surface area contributed by atoms with E-state index in [1.54, 1.807) is 12.3 Å². The second-order valence-electron chi connectivity index (χ2n) is 7.09. The molecule has 3 atom stereocenters. The molecule has 2 amide bonds. The summed E-state index contributed by atoms with van der Waals surface area (Å²) in [6.07, 6.45) is 4.75. The van der Waals surface area contributed by atoms with E-state index in [2.05, 4.69) is 20.7 Å². The number of H-pyrrole nitrogens is 1. The van der Waals surface area contributed by atoms with E-state index in [9.17, 15) is 9.59 Å². The van der Waals surface area contributed by atoms with Gasteiger partial charge in [0.15, 0.2) is 5.69 Å². The van der Waals surface area contributed by atoms with Crippen LogP contribution >= 0.6 is 0 Å². The molecular formula is C17H21N5O3. The molecule has 2 aromatic rings. The Hall–Kier alpha value is -2.64. The van der Waals surface area contributed by atoms with Gasteiger partial charge in [0.1, 0.15) is 5.76 Å². The van der Waals surface area contributed by atoms with E-state index >= 15 is 0 Å². The second kappa shape index (κ2) is 6.02. The van der Waals surface area contributed by atoms with Gasteiger partial charge in [0.05, 0.1) is 11.8 Å². The highest BCUT2D eigenvalue weighted by Gasteiger charge is 2.50. The van der Waals surface area contributed by atoms with Crippen molar-refractivity contribution in [3.05, 3.63) is 35.5 Å². The quantitative estimate of drug-likeness (QED) is 0.876. The molecule has 0 bridgehead atoms. The van der Waals surface area contributed by atoms with Crippen LogP contribution in [0.5, 0.6) is 0 Å². The molecule has 2 aromatic heterocycles. The van der Waals surface area contributed by atoms with Crippen molar-refractivity contribution in [1.82, 2.24) is 25.6 Å². The Labute approximate surface area is 144 Å². The molecule has 2 N–H and O–H groups in total. The highest BCUT2D eigenvalue weighted by molar-refractivity contribution is 5.94. The lowest BCUT2D eigenvalue weighted by Crippen LogP contribution is -2.57. The fourth-order valence-corrected chi connectivity index (χ4v) is 3.74. The van der Waals surface area contributed by atoms with E-state index in [4.69, 9.17) is 4.52 Å². The highest BCUT2D eigenvalue weighted by Crippen LogP contribution is 2.41. The smallest absolute Gasteiger partial charge is 0.276 e. The van der Waals surface area contributed by atoms with Gasteiger partial charge in [0.25, 0.3) is 11.8 Å². The van der Waals surface area contributed by atoms with Crippen LogP contribution in [-0.4, -0.2) is 50.7 Å².